The number of amides is 1. The van der Waals surface area contributed by atoms with Gasteiger partial charge in [0.2, 0.25) is 5.91 Å². The van der Waals surface area contributed by atoms with Crippen molar-refractivity contribution in [2.75, 3.05) is 25.2 Å². The molecule has 0 aliphatic carbocycles. The van der Waals surface area contributed by atoms with Gasteiger partial charge in [-0.1, -0.05) is 0 Å². The van der Waals surface area contributed by atoms with Crippen LogP contribution in [-0.2, 0) is 9.53 Å². The van der Waals surface area contributed by atoms with Crippen LogP contribution < -0.4 is 5.32 Å². The minimum absolute atomic E-state index is 0.187. The quantitative estimate of drug-likeness (QED) is 0.666. The second-order valence-electron chi connectivity index (χ2n) is 4.22. The Balaban J connectivity index is 1.85. The van der Waals surface area contributed by atoms with Gasteiger partial charge in [-0.25, -0.2) is 0 Å². The fourth-order valence-corrected chi connectivity index (χ4v) is 2.27. The largest absolute Gasteiger partial charge is 0.378 e. The lowest BCUT2D eigenvalue weighted by atomic mass is 10.1. The van der Waals surface area contributed by atoms with Crippen molar-refractivity contribution in [3.8, 4) is 0 Å². The van der Waals surface area contributed by atoms with Crippen molar-refractivity contribution >= 4 is 17.7 Å². The van der Waals surface area contributed by atoms with E-state index in [2.05, 4.69) is 5.32 Å². The van der Waals surface area contributed by atoms with E-state index in [1.54, 1.807) is 11.8 Å². The molecule has 94 valence electrons. The third kappa shape index (κ3) is 6.38. The molecule has 0 spiro atoms. The Hall–Kier alpha value is -0.220. The second-order valence-corrected chi connectivity index (χ2v) is 5.21. The lowest BCUT2D eigenvalue weighted by Gasteiger charge is -2.09. The van der Waals surface area contributed by atoms with E-state index in [9.17, 15) is 4.79 Å². The SMILES string of the molecule is CSCCC(=O)NCCCC[C@@H]1CCCO1. The number of nitrogens with one attached hydrogen (secondary N) is 1. The van der Waals surface area contributed by atoms with Crippen molar-refractivity contribution in [2.45, 2.75) is 44.6 Å². The summed E-state index contributed by atoms with van der Waals surface area (Å²) in [5.41, 5.74) is 0. The van der Waals surface area contributed by atoms with Crippen molar-refractivity contribution in [2.24, 2.45) is 0 Å². The van der Waals surface area contributed by atoms with Crippen LogP contribution in [0.3, 0.4) is 0 Å². The van der Waals surface area contributed by atoms with Gasteiger partial charge in [0.1, 0.15) is 0 Å². The van der Waals surface area contributed by atoms with Gasteiger partial charge in [0, 0.05) is 25.3 Å². The van der Waals surface area contributed by atoms with Crippen LogP contribution in [0, 0.1) is 0 Å². The first-order valence-corrected chi connectivity index (χ1v) is 7.59. The van der Waals surface area contributed by atoms with Crippen LogP contribution in [0.1, 0.15) is 38.5 Å². The molecule has 1 fully saturated rings. The van der Waals surface area contributed by atoms with Gasteiger partial charge in [-0.2, -0.15) is 11.8 Å². The molecule has 1 rings (SSSR count). The molecule has 0 saturated carbocycles. The first kappa shape index (κ1) is 13.8. The van der Waals surface area contributed by atoms with E-state index in [4.69, 9.17) is 4.74 Å². The van der Waals surface area contributed by atoms with Crippen LogP contribution in [0.25, 0.3) is 0 Å². The fourth-order valence-electron chi connectivity index (χ4n) is 1.88. The van der Waals surface area contributed by atoms with E-state index < -0.39 is 0 Å². The molecule has 0 aromatic heterocycles. The first-order valence-electron chi connectivity index (χ1n) is 6.20. The number of thioether (sulfide) groups is 1. The summed E-state index contributed by atoms with van der Waals surface area (Å²) in [5.74, 6) is 1.10. The van der Waals surface area contributed by atoms with E-state index >= 15 is 0 Å². The van der Waals surface area contributed by atoms with Gasteiger partial charge >= 0.3 is 0 Å². The van der Waals surface area contributed by atoms with Crippen molar-refractivity contribution in [3.63, 3.8) is 0 Å². The summed E-state index contributed by atoms with van der Waals surface area (Å²) >= 11 is 1.71. The topological polar surface area (TPSA) is 38.3 Å². The average Bonchev–Trinajstić information content (AvgIpc) is 2.79. The summed E-state index contributed by atoms with van der Waals surface area (Å²) in [7, 11) is 0. The highest BCUT2D eigenvalue weighted by molar-refractivity contribution is 7.98. The minimum atomic E-state index is 0.187. The number of rotatable bonds is 8. The smallest absolute Gasteiger partial charge is 0.220 e. The number of unbranched alkanes of at least 4 members (excludes halogenated alkanes) is 1. The molecule has 1 aliphatic heterocycles. The molecule has 1 N–H and O–H groups in total. The summed E-state index contributed by atoms with van der Waals surface area (Å²) in [5, 5.41) is 2.95. The van der Waals surface area contributed by atoms with Crippen LogP contribution in [0.2, 0.25) is 0 Å². The Morgan fingerprint density at radius 3 is 3.06 bits per heavy atom. The van der Waals surface area contributed by atoms with Gasteiger partial charge in [-0.15, -0.1) is 0 Å². The van der Waals surface area contributed by atoms with Crippen LogP contribution in [0.5, 0.6) is 0 Å². The van der Waals surface area contributed by atoms with E-state index in [1.807, 2.05) is 6.26 Å². The second kappa shape index (κ2) is 8.88. The van der Waals surface area contributed by atoms with Crippen LogP contribution >= 0.6 is 11.8 Å². The molecule has 0 aromatic rings. The molecule has 0 aromatic carbocycles. The maximum absolute atomic E-state index is 11.3. The zero-order chi connectivity index (χ0) is 11.6. The van der Waals surface area contributed by atoms with Gasteiger partial charge < -0.3 is 10.1 Å². The van der Waals surface area contributed by atoms with Crippen molar-refractivity contribution < 1.29 is 9.53 Å². The lowest BCUT2D eigenvalue weighted by Crippen LogP contribution is -2.24. The molecule has 0 unspecified atom stereocenters. The summed E-state index contributed by atoms with van der Waals surface area (Å²) in [6.45, 7) is 1.76. The van der Waals surface area contributed by atoms with Gasteiger partial charge in [0.05, 0.1) is 6.10 Å². The first-order chi connectivity index (χ1) is 7.83. The lowest BCUT2D eigenvalue weighted by molar-refractivity contribution is -0.120. The average molecular weight is 245 g/mol. The molecular weight excluding hydrogens is 222 g/mol. The molecule has 1 atom stereocenters. The van der Waals surface area contributed by atoms with Gasteiger partial charge in [0.15, 0.2) is 0 Å². The molecule has 4 heteroatoms. The van der Waals surface area contributed by atoms with Crippen molar-refractivity contribution in [1.29, 1.82) is 0 Å². The molecule has 0 bridgehead atoms. The van der Waals surface area contributed by atoms with Gasteiger partial charge in [-0.3, -0.25) is 4.79 Å². The van der Waals surface area contributed by atoms with E-state index in [1.165, 1.54) is 12.8 Å². The summed E-state index contributed by atoms with van der Waals surface area (Å²) in [6.07, 6.45) is 8.99. The number of hydrogen-bond acceptors (Lipinski definition) is 3. The highest BCUT2D eigenvalue weighted by atomic mass is 32.2. The maximum Gasteiger partial charge on any atom is 0.220 e. The molecule has 1 aliphatic rings. The van der Waals surface area contributed by atoms with Crippen molar-refractivity contribution in [1.82, 2.24) is 5.32 Å². The zero-order valence-corrected chi connectivity index (χ0v) is 11.0. The van der Waals surface area contributed by atoms with E-state index in [0.717, 1.165) is 38.2 Å². The Morgan fingerprint density at radius 2 is 2.38 bits per heavy atom. The fraction of sp³-hybridized carbons (Fsp3) is 0.917. The summed E-state index contributed by atoms with van der Waals surface area (Å²) in [6, 6.07) is 0. The number of hydrogen-bond donors (Lipinski definition) is 1. The minimum Gasteiger partial charge on any atom is -0.378 e. The monoisotopic (exact) mass is 245 g/mol. The Kier molecular flexibility index (Phi) is 7.68. The van der Waals surface area contributed by atoms with Gasteiger partial charge in [-0.05, 0) is 38.4 Å². The maximum atomic E-state index is 11.3. The molecule has 0 radical (unpaired) electrons. The van der Waals surface area contributed by atoms with Crippen LogP contribution in [0.4, 0.5) is 0 Å². The Bertz CT molecular complexity index is 193. The van der Waals surface area contributed by atoms with Gasteiger partial charge in [0.25, 0.3) is 0 Å². The molecule has 1 saturated heterocycles. The Morgan fingerprint density at radius 1 is 1.50 bits per heavy atom. The molecular formula is C12H23NO2S. The predicted molar refractivity (Wildman–Crippen MR) is 68.8 cm³/mol. The number of carbonyl (C=O) groups is 1. The van der Waals surface area contributed by atoms with Crippen LogP contribution in [-0.4, -0.2) is 37.2 Å². The van der Waals surface area contributed by atoms with E-state index in [0.29, 0.717) is 12.5 Å². The zero-order valence-electron chi connectivity index (χ0n) is 10.2. The molecule has 3 nitrogen and oxygen atoms in total. The highest BCUT2D eigenvalue weighted by Crippen LogP contribution is 2.17. The van der Waals surface area contributed by atoms with Crippen LogP contribution in [0.15, 0.2) is 0 Å². The standard InChI is InChI=1S/C12H23NO2S/c1-16-10-7-12(14)13-8-3-2-5-11-6-4-9-15-11/h11H,2-10H2,1H3,(H,13,14)/t11-/m1/s1. The molecule has 16 heavy (non-hydrogen) atoms. The number of carbonyl (C=O) groups excluding carboxylic acids is 1. The third-order valence-corrected chi connectivity index (χ3v) is 3.44. The third-order valence-electron chi connectivity index (χ3n) is 2.83. The predicted octanol–water partition coefficient (Wildman–Crippen LogP) is 2.21. The van der Waals surface area contributed by atoms with E-state index in [-0.39, 0.29) is 5.91 Å². The van der Waals surface area contributed by atoms with Crippen molar-refractivity contribution in [3.05, 3.63) is 0 Å². The molecule has 1 amide bonds. The Labute approximate surface area is 103 Å². The molecule has 1 heterocycles. The normalized spacial score (nSPS) is 19.9. The summed E-state index contributed by atoms with van der Waals surface area (Å²) in [4.78, 5) is 11.3. The highest BCUT2D eigenvalue weighted by Gasteiger charge is 2.14. The summed E-state index contributed by atoms with van der Waals surface area (Å²) < 4.78 is 5.54. The number of ether oxygens (including phenoxy) is 1.